The molecular weight excluding hydrogens is 352 g/mol. The predicted octanol–water partition coefficient (Wildman–Crippen LogP) is 4.01. The summed E-state index contributed by atoms with van der Waals surface area (Å²) in [6, 6.07) is 2.04. The van der Waals surface area contributed by atoms with E-state index in [9.17, 15) is 4.79 Å². The number of pyridine rings is 1. The van der Waals surface area contributed by atoms with E-state index < -0.39 is 0 Å². The van der Waals surface area contributed by atoms with E-state index in [4.69, 9.17) is 14.8 Å². The highest BCUT2D eigenvalue weighted by Crippen LogP contribution is 2.41. The van der Waals surface area contributed by atoms with Crippen molar-refractivity contribution in [3.8, 4) is 0 Å². The van der Waals surface area contributed by atoms with Gasteiger partial charge in [-0.3, -0.25) is 4.79 Å². The average Bonchev–Trinajstić information content (AvgIpc) is 3.44. The van der Waals surface area contributed by atoms with E-state index in [1.165, 1.54) is 0 Å². The van der Waals surface area contributed by atoms with E-state index in [1.807, 2.05) is 29.5 Å². The van der Waals surface area contributed by atoms with Crippen LogP contribution in [0.2, 0.25) is 0 Å². The minimum atomic E-state index is -0.187. The van der Waals surface area contributed by atoms with Gasteiger partial charge in [-0.2, -0.15) is 5.10 Å². The van der Waals surface area contributed by atoms with Crippen molar-refractivity contribution in [1.82, 2.24) is 19.7 Å². The number of carbonyl (C=O) groups is 1. The molecule has 2 aromatic rings. The highest BCUT2D eigenvalue weighted by Gasteiger charge is 2.32. The SMILES string of the molecule is CCOC1CCCN(C(=O)c2cc(C3CC3)nc3c2c(C)nn3C(C)(C)C)C1. The van der Waals surface area contributed by atoms with Gasteiger partial charge < -0.3 is 9.64 Å². The lowest BCUT2D eigenvalue weighted by atomic mass is 10.0. The number of hydrogen-bond acceptors (Lipinski definition) is 4. The fourth-order valence-corrected chi connectivity index (χ4v) is 4.20. The lowest BCUT2D eigenvalue weighted by molar-refractivity contribution is 0.00731. The summed E-state index contributed by atoms with van der Waals surface area (Å²) in [5, 5.41) is 5.68. The third kappa shape index (κ3) is 3.54. The molecule has 1 unspecified atom stereocenters. The Hall–Kier alpha value is -1.95. The Morgan fingerprint density at radius 1 is 1.29 bits per heavy atom. The molecule has 0 N–H and O–H groups in total. The van der Waals surface area contributed by atoms with Crippen LogP contribution in [0.3, 0.4) is 0 Å². The zero-order valence-electron chi connectivity index (χ0n) is 17.8. The maximum atomic E-state index is 13.6. The third-order valence-electron chi connectivity index (χ3n) is 5.76. The van der Waals surface area contributed by atoms with E-state index in [0.29, 0.717) is 19.1 Å². The van der Waals surface area contributed by atoms with Crippen molar-refractivity contribution >= 4 is 16.9 Å². The summed E-state index contributed by atoms with van der Waals surface area (Å²) in [6.07, 6.45) is 4.47. The van der Waals surface area contributed by atoms with Crippen LogP contribution in [0, 0.1) is 6.92 Å². The number of piperidine rings is 1. The van der Waals surface area contributed by atoms with Crippen LogP contribution in [0.25, 0.3) is 11.0 Å². The van der Waals surface area contributed by atoms with Gasteiger partial charge in [0, 0.05) is 31.3 Å². The van der Waals surface area contributed by atoms with Gasteiger partial charge in [0.1, 0.15) is 0 Å². The number of aromatic nitrogens is 3. The lowest BCUT2D eigenvalue weighted by Crippen LogP contribution is -2.43. The zero-order chi connectivity index (χ0) is 20.1. The van der Waals surface area contributed by atoms with Gasteiger partial charge in [-0.15, -0.1) is 0 Å². The van der Waals surface area contributed by atoms with Crippen LogP contribution in [0.15, 0.2) is 6.07 Å². The molecule has 6 nitrogen and oxygen atoms in total. The van der Waals surface area contributed by atoms with Crippen molar-refractivity contribution in [2.75, 3.05) is 19.7 Å². The van der Waals surface area contributed by atoms with Crippen molar-refractivity contribution < 1.29 is 9.53 Å². The van der Waals surface area contributed by atoms with Crippen LogP contribution in [0.1, 0.15) is 81.0 Å². The highest BCUT2D eigenvalue weighted by molar-refractivity contribution is 6.06. The monoisotopic (exact) mass is 384 g/mol. The minimum absolute atomic E-state index is 0.0928. The predicted molar refractivity (Wildman–Crippen MR) is 110 cm³/mol. The molecule has 1 aliphatic heterocycles. The quantitative estimate of drug-likeness (QED) is 0.799. The second-order valence-corrected chi connectivity index (χ2v) is 9.21. The maximum absolute atomic E-state index is 13.6. The lowest BCUT2D eigenvalue weighted by Gasteiger charge is -2.32. The first kappa shape index (κ1) is 19.4. The van der Waals surface area contributed by atoms with Crippen molar-refractivity contribution in [1.29, 1.82) is 0 Å². The molecule has 0 radical (unpaired) electrons. The topological polar surface area (TPSA) is 60.2 Å². The second-order valence-electron chi connectivity index (χ2n) is 9.21. The average molecular weight is 385 g/mol. The first-order chi connectivity index (χ1) is 13.3. The van der Waals surface area contributed by atoms with E-state index in [-0.39, 0.29) is 17.6 Å². The number of carbonyl (C=O) groups excluding carboxylic acids is 1. The summed E-state index contributed by atoms with van der Waals surface area (Å²) in [4.78, 5) is 20.5. The minimum Gasteiger partial charge on any atom is -0.377 e. The smallest absolute Gasteiger partial charge is 0.254 e. The van der Waals surface area contributed by atoms with Gasteiger partial charge in [0.2, 0.25) is 0 Å². The zero-order valence-corrected chi connectivity index (χ0v) is 17.8. The molecule has 28 heavy (non-hydrogen) atoms. The van der Waals surface area contributed by atoms with Gasteiger partial charge in [-0.05, 0) is 66.4 Å². The fourth-order valence-electron chi connectivity index (χ4n) is 4.20. The summed E-state index contributed by atoms with van der Waals surface area (Å²) < 4.78 is 7.79. The number of amides is 1. The van der Waals surface area contributed by atoms with Gasteiger partial charge >= 0.3 is 0 Å². The standard InChI is InChI=1S/C22H32N4O2/c1-6-28-16-8-7-11-25(13-16)21(27)17-12-18(15-9-10-15)23-20-19(17)14(2)24-26(20)22(3,4)5/h12,15-16H,6-11,13H2,1-5H3. The summed E-state index contributed by atoms with van der Waals surface area (Å²) >= 11 is 0. The molecule has 1 aliphatic carbocycles. The van der Waals surface area contributed by atoms with Crippen LogP contribution < -0.4 is 0 Å². The molecule has 1 atom stereocenters. The molecule has 1 saturated carbocycles. The molecule has 2 fully saturated rings. The van der Waals surface area contributed by atoms with Gasteiger partial charge in [0.05, 0.1) is 28.3 Å². The number of nitrogens with zero attached hydrogens (tertiary/aromatic N) is 4. The number of fused-ring (bicyclic) bond motifs is 1. The van der Waals surface area contributed by atoms with Crippen molar-refractivity contribution in [3.63, 3.8) is 0 Å². The van der Waals surface area contributed by atoms with E-state index in [1.54, 1.807) is 0 Å². The normalized spacial score (nSPS) is 20.8. The van der Waals surface area contributed by atoms with Crippen LogP contribution in [-0.2, 0) is 10.3 Å². The van der Waals surface area contributed by atoms with Crippen LogP contribution in [0.5, 0.6) is 0 Å². The summed E-state index contributed by atoms with van der Waals surface area (Å²) in [5.41, 5.74) is 3.34. The molecule has 0 spiro atoms. The molecule has 1 amide bonds. The molecule has 1 saturated heterocycles. The Morgan fingerprint density at radius 2 is 2.04 bits per heavy atom. The summed E-state index contributed by atoms with van der Waals surface area (Å²) in [5.74, 6) is 0.576. The first-order valence-corrected chi connectivity index (χ1v) is 10.6. The van der Waals surface area contributed by atoms with E-state index >= 15 is 0 Å². The molecule has 2 aromatic heterocycles. The Kier molecular flexibility index (Phi) is 4.94. The van der Waals surface area contributed by atoms with Gasteiger partial charge in [-0.1, -0.05) is 0 Å². The number of likely N-dealkylation sites (tertiary alicyclic amines) is 1. The van der Waals surface area contributed by atoms with Gasteiger partial charge in [0.15, 0.2) is 5.65 Å². The number of aryl methyl sites for hydroxylation is 1. The molecule has 6 heteroatoms. The van der Waals surface area contributed by atoms with Gasteiger partial charge in [-0.25, -0.2) is 9.67 Å². The molecule has 2 aliphatic rings. The first-order valence-electron chi connectivity index (χ1n) is 10.6. The van der Waals surface area contributed by atoms with Gasteiger partial charge in [0.25, 0.3) is 5.91 Å². The number of ether oxygens (including phenoxy) is 1. The van der Waals surface area contributed by atoms with Crippen LogP contribution in [-0.4, -0.2) is 51.4 Å². The van der Waals surface area contributed by atoms with Crippen molar-refractivity contribution in [2.24, 2.45) is 0 Å². The Balaban J connectivity index is 1.79. The Morgan fingerprint density at radius 3 is 2.68 bits per heavy atom. The molecular formula is C22H32N4O2. The maximum Gasteiger partial charge on any atom is 0.254 e. The van der Waals surface area contributed by atoms with Crippen molar-refractivity contribution in [3.05, 3.63) is 23.0 Å². The van der Waals surface area contributed by atoms with E-state index in [0.717, 1.165) is 60.2 Å². The molecule has 0 aromatic carbocycles. The Bertz CT molecular complexity index is 890. The summed E-state index contributed by atoms with van der Waals surface area (Å²) in [6.45, 7) is 12.5. The van der Waals surface area contributed by atoms with Crippen LogP contribution >= 0.6 is 0 Å². The largest absolute Gasteiger partial charge is 0.377 e. The summed E-state index contributed by atoms with van der Waals surface area (Å²) in [7, 11) is 0. The van der Waals surface area contributed by atoms with Crippen LogP contribution in [0.4, 0.5) is 0 Å². The molecule has 0 bridgehead atoms. The molecule has 3 heterocycles. The number of rotatable bonds is 4. The fraction of sp³-hybridized carbons (Fsp3) is 0.682. The van der Waals surface area contributed by atoms with E-state index in [2.05, 4.69) is 20.8 Å². The number of hydrogen-bond donors (Lipinski definition) is 0. The molecule has 4 rings (SSSR count). The Labute approximate surface area is 167 Å². The molecule has 152 valence electrons. The highest BCUT2D eigenvalue weighted by atomic mass is 16.5. The third-order valence-corrected chi connectivity index (χ3v) is 5.76. The van der Waals surface area contributed by atoms with Crippen molar-refractivity contribution in [2.45, 2.75) is 77.9 Å². The second kappa shape index (κ2) is 7.14.